The first kappa shape index (κ1) is 21.6. The predicted molar refractivity (Wildman–Crippen MR) is 134 cm³/mol. The average molecular weight is 451 g/mol. The summed E-state index contributed by atoms with van der Waals surface area (Å²) in [5.41, 5.74) is 7.35. The van der Waals surface area contributed by atoms with Gasteiger partial charge in [-0.05, 0) is 69.2 Å². The van der Waals surface area contributed by atoms with Crippen LogP contribution in [-0.2, 0) is 6.61 Å². The highest BCUT2D eigenvalue weighted by molar-refractivity contribution is 5.65. The Morgan fingerprint density at radius 3 is 2.44 bits per heavy atom. The van der Waals surface area contributed by atoms with E-state index in [1.165, 1.54) is 9.96 Å². The lowest BCUT2D eigenvalue weighted by molar-refractivity contribution is 0.308. The van der Waals surface area contributed by atoms with E-state index in [0.717, 1.165) is 22.5 Å². The molecule has 0 N–H and O–H groups in total. The number of rotatable bonds is 5. The van der Waals surface area contributed by atoms with Crippen molar-refractivity contribution >= 4 is 5.65 Å². The molecule has 6 nitrogen and oxygen atoms in total. The fourth-order valence-corrected chi connectivity index (χ4v) is 4.11. The van der Waals surface area contributed by atoms with Crippen LogP contribution in [0, 0.1) is 27.7 Å². The van der Waals surface area contributed by atoms with Crippen molar-refractivity contribution in [3.05, 3.63) is 111 Å². The standard InChI is InChI=1S/C28H26N4O2/c1-18-10-12-22(13-11-18)17-34-25-9-6-14-31-27(25)29-21(4)26(28(31)33)24-16-20(3)32(30-24)23-8-5-7-19(2)15-23/h5-16H,17H2,1-4H3. The second-order valence-electron chi connectivity index (χ2n) is 8.64. The Balaban J connectivity index is 1.55. The van der Waals surface area contributed by atoms with E-state index >= 15 is 0 Å². The van der Waals surface area contributed by atoms with E-state index in [0.29, 0.717) is 35.0 Å². The van der Waals surface area contributed by atoms with Crippen molar-refractivity contribution in [2.45, 2.75) is 34.3 Å². The predicted octanol–water partition coefficient (Wildman–Crippen LogP) is 5.36. The van der Waals surface area contributed by atoms with Crippen LogP contribution in [0.25, 0.3) is 22.6 Å². The second kappa shape index (κ2) is 8.63. The van der Waals surface area contributed by atoms with E-state index in [4.69, 9.17) is 14.8 Å². The monoisotopic (exact) mass is 450 g/mol. The van der Waals surface area contributed by atoms with Crippen LogP contribution in [0.4, 0.5) is 0 Å². The Hall–Kier alpha value is -4.19. The number of aromatic nitrogens is 4. The van der Waals surface area contributed by atoms with Gasteiger partial charge in [-0.25, -0.2) is 9.67 Å². The van der Waals surface area contributed by atoms with Crippen molar-refractivity contribution in [2.75, 3.05) is 0 Å². The maximum Gasteiger partial charge on any atom is 0.267 e. The third-order valence-corrected chi connectivity index (χ3v) is 5.90. The molecule has 0 saturated heterocycles. The average Bonchev–Trinajstić information content (AvgIpc) is 3.20. The highest BCUT2D eigenvalue weighted by Crippen LogP contribution is 2.24. The second-order valence-corrected chi connectivity index (χ2v) is 8.64. The Morgan fingerprint density at radius 2 is 1.68 bits per heavy atom. The van der Waals surface area contributed by atoms with E-state index in [1.807, 2.05) is 67.9 Å². The lowest BCUT2D eigenvalue weighted by Gasteiger charge is -2.12. The Bertz CT molecular complexity index is 1560. The van der Waals surface area contributed by atoms with Crippen LogP contribution in [0.15, 0.2) is 77.7 Å². The van der Waals surface area contributed by atoms with Gasteiger partial charge in [-0.3, -0.25) is 9.20 Å². The topological polar surface area (TPSA) is 61.4 Å². The molecule has 0 radical (unpaired) electrons. The van der Waals surface area contributed by atoms with Crippen LogP contribution >= 0.6 is 0 Å². The van der Waals surface area contributed by atoms with Gasteiger partial charge >= 0.3 is 0 Å². The first-order valence-electron chi connectivity index (χ1n) is 11.2. The van der Waals surface area contributed by atoms with Crippen molar-refractivity contribution in [1.82, 2.24) is 19.2 Å². The molecule has 5 rings (SSSR count). The minimum absolute atomic E-state index is 0.169. The van der Waals surface area contributed by atoms with Gasteiger partial charge in [0.2, 0.25) is 0 Å². The zero-order chi connectivity index (χ0) is 23.8. The summed E-state index contributed by atoms with van der Waals surface area (Å²) < 4.78 is 9.44. The summed E-state index contributed by atoms with van der Waals surface area (Å²) in [7, 11) is 0. The third-order valence-electron chi connectivity index (χ3n) is 5.90. The molecule has 5 aromatic rings. The molecule has 0 aliphatic rings. The summed E-state index contributed by atoms with van der Waals surface area (Å²) in [6.45, 7) is 8.32. The molecule has 3 heterocycles. The molecular formula is C28H26N4O2. The molecule has 0 aliphatic carbocycles. The largest absolute Gasteiger partial charge is 0.485 e. The minimum Gasteiger partial charge on any atom is -0.485 e. The van der Waals surface area contributed by atoms with Gasteiger partial charge in [0, 0.05) is 11.9 Å². The molecule has 6 heteroatoms. The van der Waals surface area contributed by atoms with Crippen LogP contribution in [0.2, 0.25) is 0 Å². The molecule has 0 atom stereocenters. The molecule has 0 bridgehead atoms. The Labute approximate surface area is 198 Å². The first-order valence-corrected chi connectivity index (χ1v) is 11.2. The molecular weight excluding hydrogens is 424 g/mol. The summed E-state index contributed by atoms with van der Waals surface area (Å²) in [6.07, 6.45) is 1.72. The molecule has 0 fully saturated rings. The Kier molecular flexibility index (Phi) is 5.49. The smallest absolute Gasteiger partial charge is 0.267 e. The SMILES string of the molecule is Cc1ccc(COc2cccn3c(=O)c(-c4cc(C)n(-c5cccc(C)c5)n4)c(C)nc23)cc1. The number of ether oxygens (including phenoxy) is 1. The molecule has 3 aromatic heterocycles. The van der Waals surface area contributed by atoms with Gasteiger partial charge in [-0.1, -0.05) is 42.0 Å². The van der Waals surface area contributed by atoms with Crippen molar-refractivity contribution in [2.24, 2.45) is 0 Å². The number of pyridine rings is 1. The van der Waals surface area contributed by atoms with Crippen LogP contribution in [0.3, 0.4) is 0 Å². The zero-order valence-corrected chi connectivity index (χ0v) is 19.7. The highest BCUT2D eigenvalue weighted by atomic mass is 16.5. The number of fused-ring (bicyclic) bond motifs is 1. The summed E-state index contributed by atoms with van der Waals surface area (Å²) in [6, 6.07) is 21.9. The third kappa shape index (κ3) is 3.99. The molecule has 0 saturated carbocycles. The molecule has 34 heavy (non-hydrogen) atoms. The molecule has 0 aliphatic heterocycles. The van der Waals surface area contributed by atoms with Gasteiger partial charge in [0.25, 0.3) is 5.56 Å². The van der Waals surface area contributed by atoms with Crippen molar-refractivity contribution in [3.8, 4) is 22.7 Å². The summed E-state index contributed by atoms with van der Waals surface area (Å²) in [5, 5.41) is 4.76. The molecule has 0 amide bonds. The zero-order valence-electron chi connectivity index (χ0n) is 19.7. The fraction of sp³-hybridized carbons (Fsp3) is 0.179. The lowest BCUT2D eigenvalue weighted by Crippen LogP contribution is -2.19. The number of hydrogen-bond donors (Lipinski definition) is 0. The van der Waals surface area contributed by atoms with Crippen LogP contribution in [0.5, 0.6) is 5.75 Å². The highest BCUT2D eigenvalue weighted by Gasteiger charge is 2.18. The van der Waals surface area contributed by atoms with E-state index in [2.05, 4.69) is 25.1 Å². The molecule has 170 valence electrons. The van der Waals surface area contributed by atoms with Crippen LogP contribution in [0.1, 0.15) is 28.1 Å². The number of benzene rings is 2. The van der Waals surface area contributed by atoms with Crippen LogP contribution < -0.4 is 10.3 Å². The first-order chi connectivity index (χ1) is 16.4. The molecule has 0 spiro atoms. The fourth-order valence-electron chi connectivity index (χ4n) is 4.11. The van der Waals surface area contributed by atoms with E-state index in [1.54, 1.807) is 12.3 Å². The van der Waals surface area contributed by atoms with Crippen LogP contribution in [-0.4, -0.2) is 19.2 Å². The van der Waals surface area contributed by atoms with Gasteiger partial charge in [-0.2, -0.15) is 5.10 Å². The molecule has 2 aromatic carbocycles. The number of aryl methyl sites for hydroxylation is 4. The van der Waals surface area contributed by atoms with E-state index in [-0.39, 0.29) is 5.56 Å². The normalized spacial score (nSPS) is 11.2. The summed E-state index contributed by atoms with van der Waals surface area (Å²) in [5.74, 6) is 0.566. The number of nitrogens with zero attached hydrogens (tertiary/aromatic N) is 4. The van der Waals surface area contributed by atoms with Gasteiger partial charge in [0.1, 0.15) is 12.3 Å². The summed E-state index contributed by atoms with van der Waals surface area (Å²) >= 11 is 0. The van der Waals surface area contributed by atoms with Gasteiger partial charge in [0.15, 0.2) is 11.4 Å². The summed E-state index contributed by atoms with van der Waals surface area (Å²) in [4.78, 5) is 18.3. The molecule has 0 unspecified atom stereocenters. The number of hydrogen-bond acceptors (Lipinski definition) is 4. The van der Waals surface area contributed by atoms with Gasteiger partial charge in [-0.15, -0.1) is 0 Å². The van der Waals surface area contributed by atoms with Crippen molar-refractivity contribution in [1.29, 1.82) is 0 Å². The maximum absolute atomic E-state index is 13.5. The van der Waals surface area contributed by atoms with E-state index in [9.17, 15) is 4.79 Å². The van der Waals surface area contributed by atoms with Gasteiger partial charge in [0.05, 0.1) is 16.9 Å². The lowest BCUT2D eigenvalue weighted by atomic mass is 10.1. The van der Waals surface area contributed by atoms with Gasteiger partial charge < -0.3 is 4.74 Å². The maximum atomic E-state index is 13.5. The Morgan fingerprint density at radius 1 is 0.882 bits per heavy atom. The van der Waals surface area contributed by atoms with E-state index < -0.39 is 0 Å². The van der Waals surface area contributed by atoms with Crippen molar-refractivity contribution < 1.29 is 4.74 Å². The minimum atomic E-state index is -0.169. The quantitative estimate of drug-likeness (QED) is 0.362. The van der Waals surface area contributed by atoms with Crippen molar-refractivity contribution in [3.63, 3.8) is 0 Å².